The Hall–Kier alpha value is -2.93. The summed E-state index contributed by atoms with van der Waals surface area (Å²) < 4.78 is 37.6. The van der Waals surface area contributed by atoms with Crippen LogP contribution in [0, 0.1) is 11.6 Å². The molecule has 2 aromatic carbocycles. The fourth-order valence-corrected chi connectivity index (χ4v) is 2.38. The molecule has 0 bridgehead atoms. The molecule has 0 saturated carbocycles. The van der Waals surface area contributed by atoms with Gasteiger partial charge in [-0.05, 0) is 31.0 Å². The van der Waals surface area contributed by atoms with Crippen LogP contribution in [0.4, 0.5) is 8.78 Å². The lowest BCUT2D eigenvalue weighted by atomic mass is 10.1. The molecule has 0 spiro atoms. The molecule has 27 heavy (non-hydrogen) atoms. The lowest BCUT2D eigenvalue weighted by molar-refractivity contribution is -0.0207. The highest BCUT2D eigenvalue weighted by molar-refractivity contribution is 5.94. The standard InChI is InChI=1S/C20H21F2NO4/c1-3-12-27-19-14(6-4-8-18(19)26-2)7-5-11-23(25)20(24)16-10-9-15(21)13-17(16)22/h4-6,8-11,13,25H,3,7,12H2,1-2H3/b11-5+. The number of allylic oxidation sites excluding steroid dienone is 1. The molecule has 1 N–H and O–H groups in total. The number of rotatable bonds is 8. The smallest absolute Gasteiger partial charge is 0.284 e. The van der Waals surface area contributed by atoms with E-state index >= 15 is 0 Å². The molecule has 0 unspecified atom stereocenters. The fourth-order valence-electron chi connectivity index (χ4n) is 2.38. The Morgan fingerprint density at radius 1 is 1.26 bits per heavy atom. The second kappa shape index (κ2) is 9.68. The summed E-state index contributed by atoms with van der Waals surface area (Å²) in [7, 11) is 1.54. The van der Waals surface area contributed by atoms with Crippen molar-refractivity contribution in [2.75, 3.05) is 13.7 Å². The zero-order valence-electron chi connectivity index (χ0n) is 15.1. The number of amides is 1. The topological polar surface area (TPSA) is 59.0 Å². The van der Waals surface area contributed by atoms with Crippen molar-refractivity contribution >= 4 is 5.91 Å². The Kier molecular flexibility index (Phi) is 7.31. The predicted octanol–water partition coefficient (Wildman–Crippen LogP) is 4.35. The number of hydrogen-bond acceptors (Lipinski definition) is 4. The average molecular weight is 377 g/mol. The number of nitrogens with zero attached hydrogens (tertiary/aromatic N) is 1. The first-order valence-corrected chi connectivity index (χ1v) is 8.40. The van der Waals surface area contributed by atoms with Crippen LogP contribution in [0.2, 0.25) is 0 Å². The minimum atomic E-state index is -1.05. The number of hydrogen-bond donors (Lipinski definition) is 1. The number of methoxy groups -OCH3 is 1. The van der Waals surface area contributed by atoms with Crippen molar-refractivity contribution in [1.82, 2.24) is 5.06 Å². The highest BCUT2D eigenvalue weighted by Gasteiger charge is 2.17. The summed E-state index contributed by atoms with van der Waals surface area (Å²) in [4.78, 5) is 12.0. The van der Waals surface area contributed by atoms with Gasteiger partial charge in [0.15, 0.2) is 11.5 Å². The molecule has 0 aromatic heterocycles. The summed E-state index contributed by atoms with van der Waals surface area (Å²) in [5, 5.41) is 10.1. The summed E-state index contributed by atoms with van der Waals surface area (Å²) in [6, 6.07) is 7.91. The number of carbonyl (C=O) groups is 1. The van der Waals surface area contributed by atoms with Crippen LogP contribution in [0.5, 0.6) is 11.5 Å². The first kappa shape index (κ1) is 20.4. The van der Waals surface area contributed by atoms with Crippen molar-refractivity contribution in [1.29, 1.82) is 0 Å². The van der Waals surface area contributed by atoms with Crippen LogP contribution in [0.15, 0.2) is 48.7 Å². The molecule has 0 aliphatic heterocycles. The summed E-state index contributed by atoms with van der Waals surface area (Å²) in [6.45, 7) is 2.50. The molecule has 2 aromatic rings. The van der Waals surface area contributed by atoms with Crippen LogP contribution in [0.25, 0.3) is 0 Å². The highest BCUT2D eigenvalue weighted by atomic mass is 19.1. The van der Waals surface area contributed by atoms with Gasteiger partial charge in [-0.15, -0.1) is 0 Å². The summed E-state index contributed by atoms with van der Waals surface area (Å²) in [5.41, 5.74) is 0.366. The van der Waals surface area contributed by atoms with Crippen LogP contribution in [-0.2, 0) is 6.42 Å². The molecule has 0 fully saturated rings. The van der Waals surface area contributed by atoms with Crippen LogP contribution in [0.1, 0.15) is 29.3 Å². The largest absolute Gasteiger partial charge is 0.493 e. The van der Waals surface area contributed by atoms with E-state index in [-0.39, 0.29) is 5.06 Å². The molecule has 5 nitrogen and oxygen atoms in total. The molecule has 7 heteroatoms. The number of para-hydroxylation sites is 1. The molecule has 1 amide bonds. The Labute approximate surface area is 156 Å². The molecule has 0 aliphatic carbocycles. The maximum absolute atomic E-state index is 13.6. The summed E-state index contributed by atoms with van der Waals surface area (Å²) in [5.74, 6) is -1.68. The molecule has 0 saturated heterocycles. The third kappa shape index (κ3) is 5.27. The van der Waals surface area contributed by atoms with E-state index in [1.165, 1.54) is 6.08 Å². The second-order valence-corrected chi connectivity index (χ2v) is 5.66. The van der Waals surface area contributed by atoms with Gasteiger partial charge in [0.05, 0.1) is 19.3 Å². The van der Waals surface area contributed by atoms with Crippen LogP contribution < -0.4 is 9.47 Å². The van der Waals surface area contributed by atoms with E-state index < -0.39 is 23.1 Å². The number of ether oxygens (including phenoxy) is 2. The Morgan fingerprint density at radius 2 is 2.04 bits per heavy atom. The number of halogens is 2. The van der Waals surface area contributed by atoms with Gasteiger partial charge in [-0.3, -0.25) is 10.0 Å². The van der Waals surface area contributed by atoms with Crippen molar-refractivity contribution in [2.45, 2.75) is 19.8 Å². The Morgan fingerprint density at radius 3 is 2.70 bits per heavy atom. The lowest BCUT2D eigenvalue weighted by Crippen LogP contribution is -2.22. The van der Waals surface area contributed by atoms with Crippen LogP contribution in [-0.4, -0.2) is 29.9 Å². The number of benzene rings is 2. The quantitative estimate of drug-likeness (QED) is 0.549. The summed E-state index contributed by atoms with van der Waals surface area (Å²) in [6.07, 6.45) is 3.79. The third-order valence-electron chi connectivity index (χ3n) is 3.68. The minimum Gasteiger partial charge on any atom is -0.493 e. The van der Waals surface area contributed by atoms with Crippen molar-refractivity contribution in [3.05, 3.63) is 71.4 Å². The van der Waals surface area contributed by atoms with Gasteiger partial charge in [-0.2, -0.15) is 5.06 Å². The summed E-state index contributed by atoms with van der Waals surface area (Å²) >= 11 is 0. The fraction of sp³-hybridized carbons (Fsp3) is 0.250. The van der Waals surface area contributed by atoms with Crippen molar-refractivity contribution in [3.8, 4) is 11.5 Å². The van der Waals surface area contributed by atoms with Gasteiger partial charge in [-0.25, -0.2) is 8.78 Å². The monoisotopic (exact) mass is 377 g/mol. The molecule has 0 heterocycles. The maximum Gasteiger partial charge on any atom is 0.284 e. The second-order valence-electron chi connectivity index (χ2n) is 5.66. The van der Waals surface area contributed by atoms with Gasteiger partial charge in [0.25, 0.3) is 5.91 Å². The van der Waals surface area contributed by atoms with E-state index in [9.17, 15) is 18.8 Å². The molecule has 0 atom stereocenters. The van der Waals surface area contributed by atoms with Crippen LogP contribution >= 0.6 is 0 Å². The highest BCUT2D eigenvalue weighted by Crippen LogP contribution is 2.31. The molecule has 144 valence electrons. The SMILES string of the molecule is CCCOc1c(C/C=C/N(O)C(=O)c2ccc(F)cc2F)cccc1OC. The van der Waals surface area contributed by atoms with Gasteiger partial charge in [0.2, 0.25) is 0 Å². The maximum atomic E-state index is 13.6. The van der Waals surface area contributed by atoms with Gasteiger partial charge >= 0.3 is 0 Å². The first-order chi connectivity index (χ1) is 13.0. The van der Waals surface area contributed by atoms with E-state index in [0.717, 1.165) is 30.3 Å². The average Bonchev–Trinajstić information content (AvgIpc) is 2.66. The molecule has 2 rings (SSSR count). The zero-order chi connectivity index (χ0) is 19.8. The number of hydroxylamine groups is 2. The minimum absolute atomic E-state index is 0.253. The van der Waals surface area contributed by atoms with Crippen molar-refractivity contribution in [2.24, 2.45) is 0 Å². The van der Waals surface area contributed by atoms with E-state index in [1.54, 1.807) is 19.2 Å². The normalized spacial score (nSPS) is 10.9. The van der Waals surface area contributed by atoms with Crippen molar-refractivity contribution < 1.29 is 28.3 Å². The van der Waals surface area contributed by atoms with E-state index in [4.69, 9.17) is 9.47 Å². The molecular weight excluding hydrogens is 356 g/mol. The predicted molar refractivity (Wildman–Crippen MR) is 95.9 cm³/mol. The van der Waals surface area contributed by atoms with Gasteiger partial charge < -0.3 is 9.47 Å². The van der Waals surface area contributed by atoms with E-state index in [2.05, 4.69) is 0 Å². The molecule has 0 aliphatic rings. The Bertz CT molecular complexity index is 824. The first-order valence-electron chi connectivity index (χ1n) is 8.40. The van der Waals surface area contributed by atoms with Crippen molar-refractivity contribution in [3.63, 3.8) is 0 Å². The number of carbonyl (C=O) groups excluding carboxylic acids is 1. The lowest BCUT2D eigenvalue weighted by Gasteiger charge is -2.14. The third-order valence-corrected chi connectivity index (χ3v) is 3.68. The Balaban J connectivity index is 2.11. The zero-order valence-corrected chi connectivity index (χ0v) is 15.1. The van der Waals surface area contributed by atoms with Crippen LogP contribution in [0.3, 0.4) is 0 Å². The van der Waals surface area contributed by atoms with E-state index in [1.807, 2.05) is 13.0 Å². The molecular formula is C20H21F2NO4. The van der Waals surface area contributed by atoms with Gasteiger partial charge in [0.1, 0.15) is 11.6 Å². The van der Waals surface area contributed by atoms with E-state index in [0.29, 0.717) is 30.6 Å². The van der Waals surface area contributed by atoms with Gasteiger partial charge in [-0.1, -0.05) is 25.1 Å². The molecule has 0 radical (unpaired) electrons. The van der Waals surface area contributed by atoms with Gasteiger partial charge in [0, 0.05) is 17.8 Å².